The molecule has 0 aromatic heterocycles. The molecule has 2 atom stereocenters. The molecule has 2 fully saturated rings. The maximum absolute atomic E-state index is 13.6. The van der Waals surface area contributed by atoms with E-state index in [1.54, 1.807) is 12.1 Å². The smallest absolute Gasteiger partial charge is 0.238 e. The largest absolute Gasteiger partial charge is 0.323 e. The maximum Gasteiger partial charge on any atom is 0.238 e. The molecule has 4 heteroatoms. The molecular formula is C16H18FNO2. The first-order valence-electron chi connectivity index (χ1n) is 6.99. The van der Waals surface area contributed by atoms with Crippen LogP contribution in [0.4, 0.5) is 10.1 Å². The summed E-state index contributed by atoms with van der Waals surface area (Å²) >= 11 is 0. The van der Waals surface area contributed by atoms with Gasteiger partial charge in [0, 0.05) is 5.41 Å². The Bertz CT molecular complexity index is 596. The van der Waals surface area contributed by atoms with Gasteiger partial charge in [-0.1, -0.05) is 26.0 Å². The number of amides is 1. The summed E-state index contributed by atoms with van der Waals surface area (Å²) in [4.78, 5) is 25.1. The average Bonchev–Trinajstić information content (AvgIpc) is 2.93. The van der Waals surface area contributed by atoms with Gasteiger partial charge < -0.3 is 5.32 Å². The van der Waals surface area contributed by atoms with Crippen LogP contribution in [0, 0.1) is 22.6 Å². The molecule has 2 saturated carbocycles. The number of hydrogen-bond donors (Lipinski definition) is 1. The van der Waals surface area contributed by atoms with Crippen molar-refractivity contribution < 1.29 is 14.0 Å². The SMILES string of the molecule is CC1(C)C(=O)C2(C(=O)Nc3ccccc3F)CCC1C2. The third-order valence-electron chi connectivity index (χ3n) is 5.11. The van der Waals surface area contributed by atoms with Crippen LogP contribution >= 0.6 is 0 Å². The van der Waals surface area contributed by atoms with Crippen molar-refractivity contribution in [3.05, 3.63) is 30.1 Å². The lowest BCUT2D eigenvalue weighted by molar-refractivity contribution is -0.142. The van der Waals surface area contributed by atoms with Crippen molar-refractivity contribution in [2.45, 2.75) is 33.1 Å². The summed E-state index contributed by atoms with van der Waals surface area (Å²) in [5, 5.41) is 2.60. The van der Waals surface area contributed by atoms with Crippen molar-refractivity contribution >= 4 is 17.4 Å². The third kappa shape index (κ3) is 1.63. The molecule has 0 aliphatic heterocycles. The second-order valence-electron chi connectivity index (χ2n) is 6.51. The Morgan fingerprint density at radius 1 is 1.35 bits per heavy atom. The molecule has 0 saturated heterocycles. The first kappa shape index (κ1) is 13.3. The molecular weight excluding hydrogens is 257 g/mol. The van der Waals surface area contributed by atoms with Gasteiger partial charge in [-0.2, -0.15) is 0 Å². The Morgan fingerprint density at radius 2 is 2.05 bits per heavy atom. The molecule has 1 aromatic carbocycles. The minimum absolute atomic E-state index is 0.00934. The van der Waals surface area contributed by atoms with E-state index in [0.717, 1.165) is 6.42 Å². The summed E-state index contributed by atoms with van der Waals surface area (Å²) in [7, 11) is 0. The molecule has 3 nitrogen and oxygen atoms in total. The molecule has 2 unspecified atom stereocenters. The Hall–Kier alpha value is -1.71. The zero-order chi connectivity index (χ0) is 14.5. The monoisotopic (exact) mass is 275 g/mol. The zero-order valence-electron chi connectivity index (χ0n) is 11.7. The van der Waals surface area contributed by atoms with Crippen molar-refractivity contribution in [3.63, 3.8) is 0 Å². The summed E-state index contributed by atoms with van der Waals surface area (Å²) in [5.41, 5.74) is -1.24. The van der Waals surface area contributed by atoms with Gasteiger partial charge in [-0.3, -0.25) is 9.59 Å². The molecule has 2 bridgehead atoms. The van der Waals surface area contributed by atoms with Crippen molar-refractivity contribution in [2.75, 3.05) is 5.32 Å². The van der Waals surface area contributed by atoms with Crippen LogP contribution < -0.4 is 5.32 Å². The number of rotatable bonds is 2. The lowest BCUT2D eigenvalue weighted by Crippen LogP contribution is -2.44. The Morgan fingerprint density at radius 3 is 2.65 bits per heavy atom. The Balaban J connectivity index is 1.89. The zero-order valence-corrected chi connectivity index (χ0v) is 11.7. The number of carbonyl (C=O) groups excluding carboxylic acids is 2. The van der Waals surface area contributed by atoms with Crippen LogP contribution in [0.1, 0.15) is 33.1 Å². The molecule has 0 heterocycles. The number of hydrogen-bond acceptors (Lipinski definition) is 2. The van der Waals surface area contributed by atoms with Crippen molar-refractivity contribution in [1.29, 1.82) is 0 Å². The summed E-state index contributed by atoms with van der Waals surface area (Å²) in [6, 6.07) is 6.04. The maximum atomic E-state index is 13.6. The quantitative estimate of drug-likeness (QED) is 0.843. The number of anilines is 1. The van der Waals surface area contributed by atoms with E-state index >= 15 is 0 Å². The van der Waals surface area contributed by atoms with E-state index in [0.29, 0.717) is 12.8 Å². The minimum atomic E-state index is -0.948. The van der Waals surface area contributed by atoms with E-state index in [2.05, 4.69) is 5.32 Å². The Labute approximate surface area is 117 Å². The van der Waals surface area contributed by atoms with Crippen LogP contribution in [-0.4, -0.2) is 11.7 Å². The molecule has 20 heavy (non-hydrogen) atoms. The number of ketones is 1. The fraction of sp³-hybridized carbons (Fsp3) is 0.500. The molecule has 0 spiro atoms. The van der Waals surface area contributed by atoms with E-state index in [4.69, 9.17) is 0 Å². The number of benzene rings is 1. The summed E-state index contributed by atoms with van der Waals surface area (Å²) in [6.45, 7) is 3.83. The third-order valence-corrected chi connectivity index (χ3v) is 5.11. The van der Waals surface area contributed by atoms with Gasteiger partial charge >= 0.3 is 0 Å². The molecule has 1 aromatic rings. The van der Waals surface area contributed by atoms with Crippen LogP contribution in [0.3, 0.4) is 0 Å². The van der Waals surface area contributed by atoms with Gasteiger partial charge in [-0.15, -0.1) is 0 Å². The fourth-order valence-corrected chi connectivity index (χ4v) is 3.78. The van der Waals surface area contributed by atoms with Crippen LogP contribution in [0.25, 0.3) is 0 Å². The van der Waals surface area contributed by atoms with Gasteiger partial charge in [0.05, 0.1) is 5.69 Å². The predicted molar refractivity (Wildman–Crippen MR) is 73.6 cm³/mol. The summed E-state index contributed by atoms with van der Waals surface area (Å²) in [5.74, 6) is -0.548. The normalized spacial score (nSPS) is 30.6. The number of Topliss-reactive ketones (excluding diaryl/α,β-unsaturated/α-hetero) is 1. The first-order valence-corrected chi connectivity index (χ1v) is 6.99. The Kier molecular flexibility index (Phi) is 2.75. The standard InChI is InChI=1S/C16H18FNO2/c1-15(2)10-7-8-16(9-10,13(15)19)14(20)18-12-6-4-3-5-11(12)17/h3-6,10H,7-9H2,1-2H3,(H,18,20). The van der Waals surface area contributed by atoms with Gasteiger partial charge in [0.15, 0.2) is 5.78 Å². The molecule has 106 valence electrons. The number of halogens is 1. The lowest BCUT2D eigenvalue weighted by Gasteiger charge is -2.32. The highest BCUT2D eigenvalue weighted by atomic mass is 19.1. The predicted octanol–water partition coefficient (Wildman–Crippen LogP) is 3.16. The summed E-state index contributed by atoms with van der Waals surface area (Å²) in [6.07, 6.45) is 2.07. The molecule has 1 N–H and O–H groups in total. The number of fused-ring (bicyclic) bond motifs is 2. The van der Waals surface area contributed by atoms with Crippen LogP contribution in [0.5, 0.6) is 0 Å². The topological polar surface area (TPSA) is 46.2 Å². The van der Waals surface area contributed by atoms with Crippen molar-refractivity contribution in [1.82, 2.24) is 0 Å². The van der Waals surface area contributed by atoms with Crippen LogP contribution in [0.15, 0.2) is 24.3 Å². The second-order valence-corrected chi connectivity index (χ2v) is 6.51. The fourth-order valence-electron chi connectivity index (χ4n) is 3.78. The van der Waals surface area contributed by atoms with Gasteiger partial charge in [0.25, 0.3) is 0 Å². The van der Waals surface area contributed by atoms with E-state index in [1.807, 2.05) is 13.8 Å². The number of carbonyl (C=O) groups is 2. The van der Waals surface area contributed by atoms with Gasteiger partial charge in [0.2, 0.25) is 5.91 Å². The van der Waals surface area contributed by atoms with E-state index in [9.17, 15) is 14.0 Å². The molecule has 3 rings (SSSR count). The van der Waals surface area contributed by atoms with E-state index in [-0.39, 0.29) is 23.3 Å². The highest BCUT2D eigenvalue weighted by molar-refractivity contribution is 6.15. The number of nitrogens with one attached hydrogen (secondary N) is 1. The molecule has 0 radical (unpaired) electrons. The average molecular weight is 275 g/mol. The highest BCUT2D eigenvalue weighted by Gasteiger charge is 2.65. The van der Waals surface area contributed by atoms with E-state index < -0.39 is 16.6 Å². The van der Waals surface area contributed by atoms with Crippen molar-refractivity contribution in [2.24, 2.45) is 16.7 Å². The highest BCUT2D eigenvalue weighted by Crippen LogP contribution is 2.60. The summed E-state index contributed by atoms with van der Waals surface area (Å²) < 4.78 is 13.6. The van der Waals surface area contributed by atoms with Crippen LogP contribution in [-0.2, 0) is 9.59 Å². The molecule has 2 aliphatic carbocycles. The molecule has 2 aliphatic rings. The van der Waals surface area contributed by atoms with Gasteiger partial charge in [0.1, 0.15) is 11.2 Å². The number of para-hydroxylation sites is 1. The second kappa shape index (κ2) is 4.14. The van der Waals surface area contributed by atoms with Gasteiger partial charge in [-0.05, 0) is 37.3 Å². The van der Waals surface area contributed by atoms with Gasteiger partial charge in [-0.25, -0.2) is 4.39 Å². The van der Waals surface area contributed by atoms with Crippen molar-refractivity contribution in [3.8, 4) is 0 Å². The van der Waals surface area contributed by atoms with E-state index in [1.165, 1.54) is 12.1 Å². The minimum Gasteiger partial charge on any atom is -0.323 e. The first-order chi connectivity index (χ1) is 9.38. The molecule has 1 amide bonds. The lowest BCUT2D eigenvalue weighted by atomic mass is 9.70. The van der Waals surface area contributed by atoms with Crippen LogP contribution in [0.2, 0.25) is 0 Å².